The van der Waals surface area contributed by atoms with E-state index in [-0.39, 0.29) is 17.9 Å². The topological polar surface area (TPSA) is 81.5 Å². The van der Waals surface area contributed by atoms with E-state index < -0.39 is 23.9 Å². The molecule has 1 heterocycles. The molecule has 11 heteroatoms. The van der Waals surface area contributed by atoms with Gasteiger partial charge in [-0.05, 0) is 32.0 Å². The van der Waals surface area contributed by atoms with Crippen molar-refractivity contribution in [1.82, 2.24) is 15.0 Å². The third-order valence-corrected chi connectivity index (χ3v) is 3.89. The Kier molecular flexibility index (Phi) is 7.57. The van der Waals surface area contributed by atoms with Crippen molar-refractivity contribution in [3.05, 3.63) is 35.7 Å². The van der Waals surface area contributed by atoms with Crippen LogP contribution in [0.2, 0.25) is 0 Å². The molecular formula is C18H24F3N5O3. The van der Waals surface area contributed by atoms with Gasteiger partial charge < -0.3 is 19.7 Å². The lowest BCUT2D eigenvalue weighted by Gasteiger charge is -2.18. The molecule has 0 radical (unpaired) electrons. The van der Waals surface area contributed by atoms with E-state index in [0.717, 1.165) is 6.07 Å². The first-order valence-corrected chi connectivity index (χ1v) is 8.99. The molecule has 0 spiro atoms. The van der Waals surface area contributed by atoms with Crippen LogP contribution in [0.3, 0.4) is 0 Å². The van der Waals surface area contributed by atoms with Crippen LogP contribution in [0.5, 0.6) is 0 Å². The van der Waals surface area contributed by atoms with Crippen LogP contribution in [0.25, 0.3) is 0 Å². The summed E-state index contributed by atoms with van der Waals surface area (Å²) in [5, 5.41) is 9.79. The molecule has 2 aromatic rings. The minimum atomic E-state index is -4.63. The van der Waals surface area contributed by atoms with Crippen molar-refractivity contribution < 1.29 is 27.4 Å². The Morgan fingerprint density at radius 1 is 1.24 bits per heavy atom. The van der Waals surface area contributed by atoms with Crippen molar-refractivity contribution in [1.29, 1.82) is 0 Å². The number of anilines is 2. The molecule has 0 bridgehead atoms. The number of benzene rings is 1. The van der Waals surface area contributed by atoms with Crippen molar-refractivity contribution in [3.8, 4) is 0 Å². The van der Waals surface area contributed by atoms with Gasteiger partial charge in [-0.3, -0.25) is 4.79 Å². The molecule has 0 fully saturated rings. The maximum Gasteiger partial charge on any atom is 0.418 e. The molecule has 160 valence electrons. The number of nitrogens with one attached hydrogen (secondary N) is 1. The Morgan fingerprint density at radius 3 is 2.45 bits per heavy atom. The smallest absolute Gasteiger partial charge is 0.378 e. The zero-order valence-corrected chi connectivity index (χ0v) is 16.7. The quantitative estimate of drug-likeness (QED) is 0.634. The molecule has 2 rings (SSSR count). The van der Waals surface area contributed by atoms with Crippen LogP contribution in [0.4, 0.5) is 24.5 Å². The zero-order valence-electron chi connectivity index (χ0n) is 16.7. The molecular weight excluding hydrogens is 391 g/mol. The van der Waals surface area contributed by atoms with Gasteiger partial charge in [0.05, 0.1) is 24.0 Å². The van der Waals surface area contributed by atoms with E-state index in [1.807, 2.05) is 13.8 Å². The van der Waals surface area contributed by atoms with Crippen LogP contribution < -0.4 is 10.2 Å². The molecule has 1 aromatic heterocycles. The first-order chi connectivity index (χ1) is 13.7. The van der Waals surface area contributed by atoms with Gasteiger partial charge in [-0.25, -0.2) is 4.68 Å². The Labute approximate surface area is 166 Å². The molecule has 1 amide bonds. The van der Waals surface area contributed by atoms with E-state index in [4.69, 9.17) is 9.47 Å². The van der Waals surface area contributed by atoms with Crippen LogP contribution in [0, 0.1) is 0 Å². The summed E-state index contributed by atoms with van der Waals surface area (Å²) in [6, 6.07) is 3.67. The number of ether oxygens (including phenoxy) is 2. The summed E-state index contributed by atoms with van der Waals surface area (Å²) >= 11 is 0. The van der Waals surface area contributed by atoms with Gasteiger partial charge in [0.1, 0.15) is 0 Å². The highest BCUT2D eigenvalue weighted by molar-refractivity contribution is 6.03. The van der Waals surface area contributed by atoms with Crippen molar-refractivity contribution >= 4 is 17.3 Å². The van der Waals surface area contributed by atoms with Gasteiger partial charge in [0.15, 0.2) is 12.0 Å². The standard InChI is InChI=1S/C18H24F3N5O3/c1-5-28-16(29-6-2)11-26-10-15(23-24-26)17(27)22-14-8-7-12(25(3)4)9-13(14)18(19,20)21/h7-10,16H,5-6,11H2,1-4H3,(H,22,27). The molecule has 0 saturated heterocycles. The molecule has 0 aliphatic carbocycles. The fourth-order valence-electron chi connectivity index (χ4n) is 2.51. The van der Waals surface area contributed by atoms with E-state index in [1.165, 1.54) is 23.0 Å². The van der Waals surface area contributed by atoms with Crippen molar-refractivity contribution in [2.24, 2.45) is 0 Å². The van der Waals surface area contributed by atoms with E-state index in [2.05, 4.69) is 15.6 Å². The minimum absolute atomic E-state index is 0.124. The Bertz CT molecular complexity index is 817. The summed E-state index contributed by atoms with van der Waals surface area (Å²) in [5.74, 6) is -0.802. The highest BCUT2D eigenvalue weighted by Gasteiger charge is 2.34. The van der Waals surface area contributed by atoms with Crippen LogP contribution in [-0.2, 0) is 22.2 Å². The predicted molar refractivity (Wildman–Crippen MR) is 101 cm³/mol. The van der Waals surface area contributed by atoms with E-state index in [0.29, 0.717) is 18.9 Å². The van der Waals surface area contributed by atoms with Crippen LogP contribution >= 0.6 is 0 Å². The molecule has 0 atom stereocenters. The molecule has 0 aliphatic heterocycles. The van der Waals surface area contributed by atoms with E-state index >= 15 is 0 Å². The molecule has 1 N–H and O–H groups in total. The van der Waals surface area contributed by atoms with Crippen LogP contribution in [-0.4, -0.2) is 54.5 Å². The number of alkyl halides is 3. The first kappa shape index (κ1) is 22.6. The van der Waals surface area contributed by atoms with Gasteiger partial charge in [-0.15, -0.1) is 5.10 Å². The lowest BCUT2D eigenvalue weighted by molar-refractivity contribution is -0.145. The fraction of sp³-hybridized carbons (Fsp3) is 0.500. The van der Waals surface area contributed by atoms with Crippen LogP contribution in [0.1, 0.15) is 29.9 Å². The molecule has 0 saturated carbocycles. The average Bonchev–Trinajstić information content (AvgIpc) is 3.10. The summed E-state index contributed by atoms with van der Waals surface area (Å²) in [5.41, 5.74) is -1.07. The number of aromatic nitrogens is 3. The third-order valence-electron chi connectivity index (χ3n) is 3.89. The number of amides is 1. The lowest BCUT2D eigenvalue weighted by Crippen LogP contribution is -2.24. The van der Waals surface area contributed by atoms with E-state index in [9.17, 15) is 18.0 Å². The van der Waals surface area contributed by atoms with Gasteiger partial charge in [-0.1, -0.05) is 5.21 Å². The highest BCUT2D eigenvalue weighted by Crippen LogP contribution is 2.37. The van der Waals surface area contributed by atoms with Crippen molar-refractivity contribution in [3.63, 3.8) is 0 Å². The summed E-state index contributed by atoms with van der Waals surface area (Å²) in [6.45, 7) is 4.66. The summed E-state index contributed by atoms with van der Waals surface area (Å²) in [7, 11) is 3.26. The lowest BCUT2D eigenvalue weighted by atomic mass is 10.1. The van der Waals surface area contributed by atoms with Crippen LogP contribution in [0.15, 0.2) is 24.4 Å². The second-order valence-corrected chi connectivity index (χ2v) is 6.24. The molecule has 29 heavy (non-hydrogen) atoms. The number of nitrogens with zero attached hydrogens (tertiary/aromatic N) is 4. The number of hydrogen-bond acceptors (Lipinski definition) is 6. The first-order valence-electron chi connectivity index (χ1n) is 8.99. The Hall–Kier alpha value is -2.66. The highest BCUT2D eigenvalue weighted by atomic mass is 19.4. The molecule has 1 aromatic carbocycles. The largest absolute Gasteiger partial charge is 0.418 e. The van der Waals surface area contributed by atoms with Gasteiger partial charge in [0.2, 0.25) is 0 Å². The Balaban J connectivity index is 2.17. The third kappa shape index (κ3) is 6.16. The molecule has 0 unspecified atom stereocenters. The minimum Gasteiger partial charge on any atom is -0.378 e. The average molecular weight is 415 g/mol. The van der Waals surface area contributed by atoms with E-state index in [1.54, 1.807) is 19.0 Å². The fourth-order valence-corrected chi connectivity index (χ4v) is 2.51. The number of rotatable bonds is 9. The second kappa shape index (κ2) is 9.70. The number of carbonyl (C=O) groups excluding carboxylic acids is 1. The SMILES string of the molecule is CCOC(Cn1cc(C(=O)Nc2ccc(N(C)C)cc2C(F)(F)F)nn1)OCC. The van der Waals surface area contributed by atoms with Gasteiger partial charge in [-0.2, -0.15) is 13.2 Å². The maximum absolute atomic E-state index is 13.4. The molecule has 0 aliphatic rings. The summed E-state index contributed by atoms with van der Waals surface area (Å²) in [6.07, 6.45) is -3.88. The van der Waals surface area contributed by atoms with Gasteiger partial charge in [0, 0.05) is 33.0 Å². The summed E-state index contributed by atoms with van der Waals surface area (Å²) in [4.78, 5) is 13.9. The molecule has 8 nitrogen and oxygen atoms in total. The monoisotopic (exact) mass is 415 g/mol. The zero-order chi connectivity index (χ0) is 21.6. The number of hydrogen-bond donors (Lipinski definition) is 1. The predicted octanol–water partition coefficient (Wildman–Crippen LogP) is 3.01. The number of carbonyl (C=O) groups is 1. The Morgan fingerprint density at radius 2 is 1.90 bits per heavy atom. The van der Waals surface area contributed by atoms with Gasteiger partial charge >= 0.3 is 6.18 Å². The number of halogens is 3. The summed E-state index contributed by atoms with van der Waals surface area (Å²) < 4.78 is 52.4. The normalized spacial score (nSPS) is 11.7. The van der Waals surface area contributed by atoms with Crippen molar-refractivity contribution in [2.45, 2.75) is 32.9 Å². The van der Waals surface area contributed by atoms with Gasteiger partial charge in [0.25, 0.3) is 5.91 Å². The second-order valence-electron chi connectivity index (χ2n) is 6.24. The van der Waals surface area contributed by atoms with Crippen molar-refractivity contribution in [2.75, 3.05) is 37.5 Å². The maximum atomic E-state index is 13.4.